The van der Waals surface area contributed by atoms with Crippen molar-refractivity contribution < 1.29 is 9.90 Å². The van der Waals surface area contributed by atoms with Crippen LogP contribution in [0.1, 0.15) is 46.1 Å². The molecule has 1 rings (SSSR count). The Labute approximate surface area is 116 Å². The number of carboxylic acid groups (broad SMARTS) is 1. The van der Waals surface area contributed by atoms with E-state index in [0.717, 1.165) is 31.0 Å². The molecule has 1 aromatic heterocycles. The largest absolute Gasteiger partial charge is 0.481 e. The van der Waals surface area contributed by atoms with Gasteiger partial charge >= 0.3 is 11.7 Å². The van der Waals surface area contributed by atoms with Crippen molar-refractivity contribution in [3.05, 3.63) is 10.5 Å². The SMILES string of the molecule is CC(C)CCCC(C)n1c(SCC(=O)O)n[nH]c1=O. The summed E-state index contributed by atoms with van der Waals surface area (Å²) in [5, 5.41) is 15.4. The van der Waals surface area contributed by atoms with E-state index in [4.69, 9.17) is 5.11 Å². The average molecular weight is 287 g/mol. The first-order valence-electron chi connectivity index (χ1n) is 6.43. The summed E-state index contributed by atoms with van der Waals surface area (Å²) in [6, 6.07) is 0.0290. The second-order valence-electron chi connectivity index (χ2n) is 5.04. The Balaban J connectivity index is 2.67. The predicted molar refractivity (Wildman–Crippen MR) is 74.6 cm³/mol. The molecule has 2 N–H and O–H groups in total. The molecule has 0 saturated heterocycles. The van der Waals surface area contributed by atoms with Gasteiger partial charge in [-0.3, -0.25) is 9.36 Å². The van der Waals surface area contributed by atoms with Crippen LogP contribution in [-0.4, -0.2) is 31.6 Å². The molecule has 108 valence electrons. The van der Waals surface area contributed by atoms with Gasteiger partial charge in [-0.1, -0.05) is 38.5 Å². The van der Waals surface area contributed by atoms with Crippen LogP contribution in [0, 0.1) is 5.92 Å². The van der Waals surface area contributed by atoms with E-state index in [1.54, 1.807) is 4.57 Å². The molecule has 0 fully saturated rings. The fraction of sp³-hybridized carbons (Fsp3) is 0.750. The molecular formula is C12H21N3O3S. The topological polar surface area (TPSA) is 88.0 Å². The van der Waals surface area contributed by atoms with Gasteiger partial charge in [0.2, 0.25) is 0 Å². The Morgan fingerprint density at radius 2 is 2.11 bits per heavy atom. The first-order valence-corrected chi connectivity index (χ1v) is 7.41. The zero-order valence-corrected chi connectivity index (χ0v) is 12.4. The number of hydrogen-bond acceptors (Lipinski definition) is 4. The lowest BCUT2D eigenvalue weighted by molar-refractivity contribution is -0.133. The number of aromatic nitrogens is 3. The van der Waals surface area contributed by atoms with Gasteiger partial charge in [-0.25, -0.2) is 9.89 Å². The Kier molecular flexibility index (Phi) is 6.14. The first-order chi connectivity index (χ1) is 8.91. The highest BCUT2D eigenvalue weighted by atomic mass is 32.2. The minimum atomic E-state index is -0.917. The van der Waals surface area contributed by atoms with Crippen LogP contribution in [0.5, 0.6) is 0 Å². The van der Waals surface area contributed by atoms with Crippen LogP contribution >= 0.6 is 11.8 Å². The number of H-pyrrole nitrogens is 1. The molecule has 19 heavy (non-hydrogen) atoms. The summed E-state index contributed by atoms with van der Waals surface area (Å²) in [6.45, 7) is 6.30. The van der Waals surface area contributed by atoms with Gasteiger partial charge in [-0.15, -0.1) is 5.10 Å². The standard InChI is InChI=1S/C12H21N3O3S/c1-8(2)5-4-6-9(3)15-11(18)13-14-12(15)19-7-10(16)17/h8-9H,4-7H2,1-3H3,(H,13,18)(H,16,17). The summed E-state index contributed by atoms with van der Waals surface area (Å²) in [4.78, 5) is 22.3. The van der Waals surface area contributed by atoms with E-state index >= 15 is 0 Å². The minimum Gasteiger partial charge on any atom is -0.481 e. The zero-order chi connectivity index (χ0) is 14.4. The molecule has 0 saturated carbocycles. The van der Waals surface area contributed by atoms with E-state index in [-0.39, 0.29) is 17.5 Å². The summed E-state index contributed by atoms with van der Waals surface area (Å²) in [7, 11) is 0. The van der Waals surface area contributed by atoms with Gasteiger partial charge in [0.1, 0.15) is 0 Å². The molecule has 6 nitrogen and oxygen atoms in total. The number of hydrogen-bond donors (Lipinski definition) is 2. The lowest BCUT2D eigenvalue weighted by atomic mass is 10.0. The summed E-state index contributed by atoms with van der Waals surface area (Å²) in [6.07, 6.45) is 3.05. The number of carboxylic acids is 1. The Morgan fingerprint density at radius 3 is 2.68 bits per heavy atom. The van der Waals surface area contributed by atoms with Gasteiger partial charge < -0.3 is 5.11 Å². The van der Waals surface area contributed by atoms with Crippen LogP contribution in [-0.2, 0) is 4.79 Å². The van der Waals surface area contributed by atoms with Gasteiger partial charge in [-0.05, 0) is 19.3 Å². The van der Waals surface area contributed by atoms with E-state index in [2.05, 4.69) is 24.0 Å². The number of carbonyl (C=O) groups is 1. The molecule has 0 bridgehead atoms. The molecule has 1 aromatic rings. The normalized spacial score (nSPS) is 12.8. The Morgan fingerprint density at radius 1 is 1.42 bits per heavy atom. The quantitative estimate of drug-likeness (QED) is 0.715. The number of rotatable bonds is 8. The fourth-order valence-electron chi connectivity index (χ4n) is 1.86. The molecule has 0 spiro atoms. The molecule has 1 atom stereocenters. The van der Waals surface area contributed by atoms with Crippen molar-refractivity contribution in [3.63, 3.8) is 0 Å². The zero-order valence-electron chi connectivity index (χ0n) is 11.5. The van der Waals surface area contributed by atoms with Gasteiger partial charge in [0, 0.05) is 6.04 Å². The van der Waals surface area contributed by atoms with Crippen molar-refractivity contribution in [1.82, 2.24) is 14.8 Å². The predicted octanol–water partition coefficient (Wildman–Crippen LogP) is 2.14. The summed E-state index contributed by atoms with van der Waals surface area (Å²) < 4.78 is 1.55. The fourth-order valence-corrected chi connectivity index (χ4v) is 2.62. The third-order valence-corrected chi connectivity index (χ3v) is 3.78. The van der Waals surface area contributed by atoms with Crippen molar-refractivity contribution in [2.75, 3.05) is 5.75 Å². The third kappa shape index (κ3) is 5.10. The number of aromatic amines is 1. The van der Waals surface area contributed by atoms with Crippen LogP contribution in [0.25, 0.3) is 0 Å². The van der Waals surface area contributed by atoms with E-state index in [0.29, 0.717) is 11.1 Å². The highest BCUT2D eigenvalue weighted by Crippen LogP contribution is 2.21. The Bertz CT molecular complexity index is 467. The average Bonchev–Trinajstić information content (AvgIpc) is 2.67. The van der Waals surface area contributed by atoms with Crippen LogP contribution in [0.2, 0.25) is 0 Å². The maximum atomic E-state index is 11.7. The maximum Gasteiger partial charge on any atom is 0.344 e. The second-order valence-corrected chi connectivity index (χ2v) is 5.98. The molecule has 7 heteroatoms. The molecule has 0 aliphatic rings. The highest BCUT2D eigenvalue weighted by molar-refractivity contribution is 7.99. The molecule has 0 aliphatic heterocycles. The third-order valence-electron chi connectivity index (χ3n) is 2.84. The summed E-state index contributed by atoms with van der Waals surface area (Å²) in [5.74, 6) is -0.364. The molecule has 1 heterocycles. The minimum absolute atomic E-state index is 0.0290. The van der Waals surface area contributed by atoms with Crippen molar-refractivity contribution >= 4 is 17.7 Å². The van der Waals surface area contributed by atoms with Crippen molar-refractivity contribution in [3.8, 4) is 0 Å². The molecule has 0 radical (unpaired) electrons. The van der Waals surface area contributed by atoms with E-state index in [9.17, 15) is 9.59 Å². The summed E-state index contributed by atoms with van der Waals surface area (Å²) in [5.41, 5.74) is -0.273. The molecule has 0 amide bonds. The molecule has 1 unspecified atom stereocenters. The second kappa shape index (κ2) is 7.37. The first kappa shape index (κ1) is 15.8. The highest BCUT2D eigenvalue weighted by Gasteiger charge is 2.16. The molecule has 0 aliphatic carbocycles. The van der Waals surface area contributed by atoms with Gasteiger partial charge in [0.25, 0.3) is 0 Å². The monoisotopic (exact) mass is 287 g/mol. The van der Waals surface area contributed by atoms with Crippen LogP contribution in [0.15, 0.2) is 9.95 Å². The lowest BCUT2D eigenvalue weighted by Crippen LogP contribution is -2.21. The van der Waals surface area contributed by atoms with Crippen LogP contribution in [0.4, 0.5) is 0 Å². The van der Waals surface area contributed by atoms with Gasteiger partial charge in [0.05, 0.1) is 5.75 Å². The van der Waals surface area contributed by atoms with Gasteiger partial charge in [0.15, 0.2) is 5.16 Å². The number of aliphatic carboxylic acids is 1. The maximum absolute atomic E-state index is 11.7. The number of thioether (sulfide) groups is 1. The lowest BCUT2D eigenvalue weighted by Gasteiger charge is -2.14. The molecular weight excluding hydrogens is 266 g/mol. The van der Waals surface area contributed by atoms with Crippen LogP contribution < -0.4 is 5.69 Å². The smallest absolute Gasteiger partial charge is 0.344 e. The van der Waals surface area contributed by atoms with E-state index < -0.39 is 5.97 Å². The molecule has 0 aromatic carbocycles. The van der Waals surface area contributed by atoms with E-state index in [1.807, 2.05) is 6.92 Å². The van der Waals surface area contributed by atoms with Crippen molar-refractivity contribution in [1.29, 1.82) is 0 Å². The Hall–Kier alpha value is -1.24. The number of nitrogens with one attached hydrogen (secondary N) is 1. The van der Waals surface area contributed by atoms with Crippen molar-refractivity contribution in [2.45, 2.75) is 51.2 Å². The van der Waals surface area contributed by atoms with Crippen LogP contribution in [0.3, 0.4) is 0 Å². The number of nitrogens with zero attached hydrogens (tertiary/aromatic N) is 2. The van der Waals surface area contributed by atoms with Gasteiger partial charge in [-0.2, -0.15) is 0 Å². The van der Waals surface area contributed by atoms with Crippen molar-refractivity contribution in [2.24, 2.45) is 5.92 Å². The summed E-state index contributed by atoms with van der Waals surface area (Å²) >= 11 is 1.07. The van der Waals surface area contributed by atoms with E-state index in [1.165, 1.54) is 0 Å².